The maximum Gasteiger partial charge on any atom is 0.0595 e. The van der Waals surface area contributed by atoms with Crippen molar-refractivity contribution in [2.24, 2.45) is 0 Å². The van der Waals surface area contributed by atoms with Gasteiger partial charge in [0.25, 0.3) is 0 Å². The molecule has 1 fully saturated rings. The number of nitrogens with zero attached hydrogens (tertiary/aromatic N) is 1. The second-order valence-electron chi connectivity index (χ2n) is 4.92. The molecule has 3 heteroatoms. The predicted molar refractivity (Wildman–Crippen MR) is 68.8 cm³/mol. The van der Waals surface area contributed by atoms with Gasteiger partial charge in [-0.2, -0.15) is 0 Å². The third-order valence-corrected chi connectivity index (χ3v) is 3.49. The molecule has 1 unspecified atom stereocenters. The van der Waals surface area contributed by atoms with E-state index >= 15 is 0 Å². The lowest BCUT2D eigenvalue weighted by molar-refractivity contribution is 0.0402. The average Bonchev–Trinajstić information content (AvgIpc) is 2.34. The fraction of sp³-hybridized carbons (Fsp3) is 1.00. The van der Waals surface area contributed by atoms with Crippen LogP contribution in [0.4, 0.5) is 0 Å². The number of hydrogen-bond acceptors (Lipinski definition) is 3. The molecule has 1 heterocycles. The lowest BCUT2D eigenvalue weighted by atomic mass is 10.1. The van der Waals surface area contributed by atoms with Gasteiger partial charge in [-0.05, 0) is 45.7 Å². The first kappa shape index (κ1) is 13.9. The molecule has 16 heavy (non-hydrogen) atoms. The summed E-state index contributed by atoms with van der Waals surface area (Å²) >= 11 is 0. The zero-order chi connectivity index (χ0) is 11.8. The molecule has 0 radical (unpaired) electrons. The Bertz CT molecular complexity index is 167. The van der Waals surface area contributed by atoms with Crippen LogP contribution in [-0.2, 0) is 4.74 Å². The minimum atomic E-state index is 0.506. The molecule has 1 rings (SSSR count). The predicted octanol–water partition coefficient (Wildman–Crippen LogP) is 1.88. The zero-order valence-corrected chi connectivity index (χ0v) is 11.2. The van der Waals surface area contributed by atoms with E-state index in [9.17, 15) is 0 Å². The maximum atomic E-state index is 5.38. The molecule has 0 bridgehead atoms. The largest absolute Gasteiger partial charge is 0.381 e. The molecule has 0 aliphatic carbocycles. The van der Waals surface area contributed by atoms with E-state index in [-0.39, 0.29) is 0 Å². The molecule has 0 spiro atoms. The highest BCUT2D eigenvalue weighted by molar-refractivity contribution is 4.73. The molecule has 0 amide bonds. The fourth-order valence-corrected chi connectivity index (χ4v) is 2.24. The SMILES string of the molecule is CCCNC(C)CCN1CCC(OC)CC1. The van der Waals surface area contributed by atoms with Gasteiger partial charge >= 0.3 is 0 Å². The standard InChI is InChI=1S/C13H28N2O/c1-4-8-14-12(2)5-9-15-10-6-13(16-3)7-11-15/h12-14H,4-11H2,1-3H3. The van der Waals surface area contributed by atoms with E-state index in [1.807, 2.05) is 7.11 Å². The lowest BCUT2D eigenvalue weighted by Crippen LogP contribution is -2.39. The van der Waals surface area contributed by atoms with Crippen molar-refractivity contribution in [1.82, 2.24) is 10.2 Å². The summed E-state index contributed by atoms with van der Waals surface area (Å²) < 4.78 is 5.38. The zero-order valence-electron chi connectivity index (χ0n) is 11.2. The summed E-state index contributed by atoms with van der Waals surface area (Å²) in [4.78, 5) is 2.57. The van der Waals surface area contributed by atoms with Crippen LogP contribution in [0.15, 0.2) is 0 Å². The number of nitrogens with one attached hydrogen (secondary N) is 1. The van der Waals surface area contributed by atoms with Gasteiger partial charge in [0.1, 0.15) is 0 Å². The van der Waals surface area contributed by atoms with Crippen molar-refractivity contribution in [3.63, 3.8) is 0 Å². The Hall–Kier alpha value is -0.120. The summed E-state index contributed by atoms with van der Waals surface area (Å²) in [6, 6.07) is 0.653. The van der Waals surface area contributed by atoms with Crippen molar-refractivity contribution < 1.29 is 4.74 Å². The number of hydrogen-bond donors (Lipinski definition) is 1. The third kappa shape index (κ3) is 5.28. The van der Waals surface area contributed by atoms with Crippen molar-refractivity contribution in [3.05, 3.63) is 0 Å². The van der Waals surface area contributed by atoms with E-state index in [4.69, 9.17) is 4.74 Å². The van der Waals surface area contributed by atoms with Crippen LogP contribution in [0, 0.1) is 0 Å². The van der Waals surface area contributed by atoms with Gasteiger partial charge in [-0.3, -0.25) is 0 Å². The Labute approximate surface area is 101 Å². The van der Waals surface area contributed by atoms with Crippen LogP contribution in [0.2, 0.25) is 0 Å². The minimum Gasteiger partial charge on any atom is -0.381 e. The van der Waals surface area contributed by atoms with Gasteiger partial charge in [0, 0.05) is 26.2 Å². The summed E-state index contributed by atoms with van der Waals surface area (Å²) in [5, 5.41) is 3.54. The van der Waals surface area contributed by atoms with Crippen LogP contribution < -0.4 is 5.32 Å². The highest BCUT2D eigenvalue weighted by Crippen LogP contribution is 2.13. The fourth-order valence-electron chi connectivity index (χ4n) is 2.24. The van der Waals surface area contributed by atoms with Gasteiger partial charge < -0.3 is 15.0 Å². The quantitative estimate of drug-likeness (QED) is 0.720. The summed E-state index contributed by atoms with van der Waals surface area (Å²) in [7, 11) is 1.83. The normalized spacial score (nSPS) is 21.2. The van der Waals surface area contributed by atoms with E-state index in [1.54, 1.807) is 0 Å². The van der Waals surface area contributed by atoms with E-state index in [2.05, 4.69) is 24.1 Å². The molecule has 0 aromatic carbocycles. The molecule has 1 N–H and O–H groups in total. The van der Waals surface area contributed by atoms with Gasteiger partial charge in [-0.15, -0.1) is 0 Å². The van der Waals surface area contributed by atoms with Gasteiger partial charge in [-0.1, -0.05) is 6.92 Å². The topological polar surface area (TPSA) is 24.5 Å². The Balaban J connectivity index is 2.05. The molecule has 1 saturated heterocycles. The Kier molecular flexibility index (Phi) is 7.01. The summed E-state index contributed by atoms with van der Waals surface area (Å²) in [5.74, 6) is 0. The van der Waals surface area contributed by atoms with Gasteiger partial charge in [0.15, 0.2) is 0 Å². The van der Waals surface area contributed by atoms with Gasteiger partial charge in [-0.25, -0.2) is 0 Å². The van der Waals surface area contributed by atoms with Crippen LogP contribution in [0.3, 0.4) is 0 Å². The maximum absolute atomic E-state index is 5.38. The average molecular weight is 228 g/mol. The first-order valence-electron chi connectivity index (χ1n) is 6.74. The van der Waals surface area contributed by atoms with Crippen LogP contribution in [0.1, 0.15) is 39.5 Å². The molecule has 1 aliphatic rings. The van der Waals surface area contributed by atoms with Crippen molar-refractivity contribution in [2.75, 3.05) is 33.3 Å². The molecular weight excluding hydrogens is 200 g/mol. The number of piperidine rings is 1. The van der Waals surface area contributed by atoms with Crippen LogP contribution in [0.5, 0.6) is 0 Å². The monoisotopic (exact) mass is 228 g/mol. The Morgan fingerprint density at radius 1 is 1.38 bits per heavy atom. The number of methoxy groups -OCH3 is 1. The smallest absolute Gasteiger partial charge is 0.0595 e. The molecule has 96 valence electrons. The number of rotatable bonds is 7. The van der Waals surface area contributed by atoms with E-state index in [1.165, 1.54) is 45.3 Å². The van der Waals surface area contributed by atoms with Crippen molar-refractivity contribution in [1.29, 1.82) is 0 Å². The molecule has 3 nitrogen and oxygen atoms in total. The molecule has 1 atom stereocenters. The first-order valence-corrected chi connectivity index (χ1v) is 6.74. The number of ether oxygens (including phenoxy) is 1. The van der Waals surface area contributed by atoms with E-state index < -0.39 is 0 Å². The minimum absolute atomic E-state index is 0.506. The van der Waals surface area contributed by atoms with E-state index in [0.29, 0.717) is 12.1 Å². The van der Waals surface area contributed by atoms with Crippen molar-refractivity contribution in [3.8, 4) is 0 Å². The third-order valence-electron chi connectivity index (χ3n) is 3.49. The summed E-state index contributed by atoms with van der Waals surface area (Å²) in [6.45, 7) is 9.30. The second kappa shape index (κ2) is 8.04. The molecule has 0 aromatic heterocycles. The van der Waals surface area contributed by atoms with Gasteiger partial charge in [0.05, 0.1) is 6.10 Å². The van der Waals surface area contributed by atoms with Crippen molar-refractivity contribution >= 4 is 0 Å². The summed E-state index contributed by atoms with van der Waals surface area (Å²) in [5.41, 5.74) is 0. The molecule has 0 aromatic rings. The number of likely N-dealkylation sites (tertiary alicyclic amines) is 1. The highest BCUT2D eigenvalue weighted by Gasteiger charge is 2.18. The highest BCUT2D eigenvalue weighted by atomic mass is 16.5. The first-order chi connectivity index (χ1) is 7.76. The molecular formula is C13H28N2O. The van der Waals surface area contributed by atoms with E-state index in [0.717, 1.165) is 6.54 Å². The van der Waals surface area contributed by atoms with Crippen molar-refractivity contribution in [2.45, 2.75) is 51.7 Å². The molecule has 1 aliphatic heterocycles. The van der Waals surface area contributed by atoms with Crippen LogP contribution in [0.25, 0.3) is 0 Å². The Morgan fingerprint density at radius 2 is 2.06 bits per heavy atom. The van der Waals surface area contributed by atoms with Gasteiger partial charge in [0.2, 0.25) is 0 Å². The lowest BCUT2D eigenvalue weighted by Gasteiger charge is -2.31. The van der Waals surface area contributed by atoms with Crippen LogP contribution >= 0.6 is 0 Å². The molecule has 0 saturated carbocycles. The van der Waals surface area contributed by atoms with Crippen LogP contribution in [-0.4, -0.2) is 50.3 Å². The Morgan fingerprint density at radius 3 is 2.62 bits per heavy atom. The second-order valence-corrected chi connectivity index (χ2v) is 4.92. The summed E-state index contributed by atoms with van der Waals surface area (Å²) in [6.07, 6.45) is 5.40.